The van der Waals surface area contributed by atoms with Crippen LogP contribution in [-0.2, 0) is 16.0 Å². The minimum absolute atomic E-state index is 0.173. The first-order valence-electron chi connectivity index (χ1n) is 6.60. The Bertz CT molecular complexity index is 335. The lowest BCUT2D eigenvalue weighted by Gasteiger charge is -2.10. The molecule has 0 fully saturated rings. The highest BCUT2D eigenvalue weighted by Crippen LogP contribution is 2.10. The lowest BCUT2D eigenvalue weighted by molar-refractivity contribution is -0.143. The molecule has 3 nitrogen and oxygen atoms in total. The van der Waals surface area contributed by atoms with Gasteiger partial charge in [-0.05, 0) is 38.2 Å². The fourth-order valence-electron chi connectivity index (χ4n) is 1.84. The Balaban J connectivity index is 2.11. The van der Waals surface area contributed by atoms with Crippen LogP contribution in [0.25, 0.3) is 0 Å². The third-order valence-electron chi connectivity index (χ3n) is 2.83. The van der Waals surface area contributed by atoms with Gasteiger partial charge in [0.05, 0.1) is 12.7 Å². The number of aliphatic hydroxyl groups excluding tert-OH is 1. The van der Waals surface area contributed by atoms with Crippen molar-refractivity contribution in [2.45, 2.75) is 45.1 Å². The summed E-state index contributed by atoms with van der Waals surface area (Å²) < 4.78 is 4.83. The Kier molecular flexibility index (Phi) is 7.11. The molecule has 3 heteroatoms. The van der Waals surface area contributed by atoms with E-state index < -0.39 is 0 Å². The Morgan fingerprint density at radius 1 is 1.28 bits per heavy atom. The first-order valence-corrected chi connectivity index (χ1v) is 6.60. The molecule has 0 radical (unpaired) electrons. The van der Waals surface area contributed by atoms with Gasteiger partial charge in [0.15, 0.2) is 0 Å². The fourth-order valence-corrected chi connectivity index (χ4v) is 1.84. The van der Waals surface area contributed by atoms with Crippen molar-refractivity contribution in [2.75, 3.05) is 6.61 Å². The van der Waals surface area contributed by atoms with Gasteiger partial charge in [0, 0.05) is 6.42 Å². The number of aryl methyl sites for hydroxylation is 1. The van der Waals surface area contributed by atoms with Gasteiger partial charge in [0.2, 0.25) is 0 Å². The second-order valence-electron chi connectivity index (χ2n) is 4.38. The average Bonchev–Trinajstić information content (AvgIpc) is 2.38. The largest absolute Gasteiger partial charge is 0.466 e. The summed E-state index contributed by atoms with van der Waals surface area (Å²) >= 11 is 0. The van der Waals surface area contributed by atoms with E-state index in [2.05, 4.69) is 12.1 Å². The van der Waals surface area contributed by atoms with Crippen molar-refractivity contribution in [3.8, 4) is 0 Å². The van der Waals surface area contributed by atoms with Crippen molar-refractivity contribution in [2.24, 2.45) is 0 Å². The highest BCUT2D eigenvalue weighted by Gasteiger charge is 2.07. The minimum atomic E-state index is -0.334. The molecule has 0 saturated heterocycles. The molecule has 0 saturated carbocycles. The number of hydrogen-bond acceptors (Lipinski definition) is 3. The summed E-state index contributed by atoms with van der Waals surface area (Å²) in [6.45, 7) is 2.22. The van der Waals surface area contributed by atoms with E-state index >= 15 is 0 Å². The number of esters is 1. The highest BCUT2D eigenvalue weighted by molar-refractivity contribution is 5.69. The van der Waals surface area contributed by atoms with Gasteiger partial charge in [-0.2, -0.15) is 0 Å². The highest BCUT2D eigenvalue weighted by atomic mass is 16.5. The molecule has 1 atom stereocenters. The zero-order valence-electron chi connectivity index (χ0n) is 11.0. The van der Waals surface area contributed by atoms with E-state index in [1.807, 2.05) is 18.2 Å². The van der Waals surface area contributed by atoms with Crippen LogP contribution >= 0.6 is 0 Å². The number of rotatable bonds is 8. The van der Waals surface area contributed by atoms with Crippen LogP contribution in [0.2, 0.25) is 0 Å². The van der Waals surface area contributed by atoms with Crippen molar-refractivity contribution in [3.63, 3.8) is 0 Å². The van der Waals surface area contributed by atoms with E-state index in [4.69, 9.17) is 4.74 Å². The average molecular weight is 250 g/mol. The molecule has 1 aromatic rings. The molecular formula is C15H22O3. The van der Waals surface area contributed by atoms with Gasteiger partial charge < -0.3 is 9.84 Å². The minimum Gasteiger partial charge on any atom is -0.466 e. The molecule has 0 bridgehead atoms. The molecule has 1 N–H and O–H groups in total. The molecule has 0 aliphatic heterocycles. The summed E-state index contributed by atoms with van der Waals surface area (Å²) in [5.74, 6) is -0.173. The summed E-state index contributed by atoms with van der Waals surface area (Å²) in [5.41, 5.74) is 1.24. The zero-order chi connectivity index (χ0) is 13.2. The normalized spacial score (nSPS) is 12.1. The molecule has 0 spiro atoms. The van der Waals surface area contributed by atoms with Gasteiger partial charge in [-0.15, -0.1) is 0 Å². The third-order valence-corrected chi connectivity index (χ3v) is 2.83. The number of hydrogen-bond donors (Lipinski definition) is 1. The Hall–Kier alpha value is -1.35. The van der Waals surface area contributed by atoms with Gasteiger partial charge in [-0.1, -0.05) is 30.3 Å². The third kappa shape index (κ3) is 6.40. The van der Waals surface area contributed by atoms with Crippen LogP contribution < -0.4 is 0 Å². The Morgan fingerprint density at radius 2 is 2.00 bits per heavy atom. The zero-order valence-corrected chi connectivity index (χ0v) is 11.0. The molecule has 100 valence electrons. The second kappa shape index (κ2) is 8.70. The number of ether oxygens (including phenoxy) is 1. The molecule has 0 aliphatic rings. The molecule has 0 unspecified atom stereocenters. The molecule has 1 rings (SSSR count). The van der Waals surface area contributed by atoms with Gasteiger partial charge in [-0.25, -0.2) is 0 Å². The summed E-state index contributed by atoms with van der Waals surface area (Å²) in [5, 5.41) is 9.80. The number of carbonyl (C=O) groups is 1. The summed E-state index contributed by atoms with van der Waals surface area (Å²) in [6.07, 6.45) is 3.03. The standard InChI is InChI=1S/C15H22O3/c1-2-18-15(17)10-6-9-14(16)12-11-13-7-4-3-5-8-13/h3-5,7-8,14,16H,2,6,9-12H2,1H3/t14-/m1/s1. The van der Waals surface area contributed by atoms with Crippen molar-refractivity contribution in [3.05, 3.63) is 35.9 Å². The molecule has 0 amide bonds. The topological polar surface area (TPSA) is 46.5 Å². The number of benzene rings is 1. The van der Waals surface area contributed by atoms with E-state index in [1.165, 1.54) is 5.56 Å². The van der Waals surface area contributed by atoms with Crippen LogP contribution in [0, 0.1) is 0 Å². The van der Waals surface area contributed by atoms with Gasteiger partial charge in [-0.3, -0.25) is 4.79 Å². The molecule has 0 aliphatic carbocycles. The summed E-state index contributed by atoms with van der Waals surface area (Å²) in [4.78, 5) is 11.1. The van der Waals surface area contributed by atoms with Crippen LogP contribution in [0.3, 0.4) is 0 Å². The summed E-state index contributed by atoms with van der Waals surface area (Å²) in [7, 11) is 0. The molecular weight excluding hydrogens is 228 g/mol. The Morgan fingerprint density at radius 3 is 2.67 bits per heavy atom. The number of aliphatic hydroxyl groups is 1. The van der Waals surface area contributed by atoms with Gasteiger partial charge >= 0.3 is 5.97 Å². The van der Waals surface area contributed by atoms with Crippen LogP contribution in [0.5, 0.6) is 0 Å². The van der Waals surface area contributed by atoms with Crippen molar-refractivity contribution in [1.82, 2.24) is 0 Å². The van der Waals surface area contributed by atoms with Crippen molar-refractivity contribution in [1.29, 1.82) is 0 Å². The van der Waals surface area contributed by atoms with E-state index in [0.29, 0.717) is 25.9 Å². The first kappa shape index (κ1) is 14.7. The van der Waals surface area contributed by atoms with E-state index in [0.717, 1.165) is 12.8 Å². The predicted octanol–water partition coefficient (Wildman–Crippen LogP) is 2.71. The maximum absolute atomic E-state index is 11.1. The smallest absolute Gasteiger partial charge is 0.305 e. The van der Waals surface area contributed by atoms with E-state index in [9.17, 15) is 9.90 Å². The van der Waals surface area contributed by atoms with Crippen molar-refractivity contribution < 1.29 is 14.6 Å². The second-order valence-corrected chi connectivity index (χ2v) is 4.38. The van der Waals surface area contributed by atoms with Crippen LogP contribution in [0.4, 0.5) is 0 Å². The van der Waals surface area contributed by atoms with E-state index in [-0.39, 0.29) is 12.1 Å². The lowest BCUT2D eigenvalue weighted by Crippen LogP contribution is -2.10. The van der Waals surface area contributed by atoms with Gasteiger partial charge in [0.25, 0.3) is 0 Å². The van der Waals surface area contributed by atoms with Crippen LogP contribution in [0.1, 0.15) is 38.2 Å². The van der Waals surface area contributed by atoms with Gasteiger partial charge in [0.1, 0.15) is 0 Å². The maximum Gasteiger partial charge on any atom is 0.305 e. The van der Waals surface area contributed by atoms with E-state index in [1.54, 1.807) is 6.92 Å². The summed E-state index contributed by atoms with van der Waals surface area (Å²) in [6, 6.07) is 10.1. The monoisotopic (exact) mass is 250 g/mol. The number of carbonyl (C=O) groups excluding carboxylic acids is 1. The molecule has 1 aromatic carbocycles. The van der Waals surface area contributed by atoms with Crippen LogP contribution in [0.15, 0.2) is 30.3 Å². The SMILES string of the molecule is CCOC(=O)CCC[C@@H](O)CCc1ccccc1. The predicted molar refractivity (Wildman–Crippen MR) is 71.3 cm³/mol. The quantitative estimate of drug-likeness (QED) is 0.722. The lowest BCUT2D eigenvalue weighted by atomic mass is 10.0. The Labute approximate surface area is 109 Å². The van der Waals surface area contributed by atoms with Crippen molar-refractivity contribution >= 4 is 5.97 Å². The molecule has 0 heterocycles. The maximum atomic E-state index is 11.1. The first-order chi connectivity index (χ1) is 8.72. The van der Waals surface area contributed by atoms with Crippen LogP contribution in [-0.4, -0.2) is 23.8 Å². The molecule has 0 aromatic heterocycles. The molecule has 18 heavy (non-hydrogen) atoms. The fraction of sp³-hybridized carbons (Fsp3) is 0.533.